The van der Waals surface area contributed by atoms with Crippen molar-refractivity contribution < 1.29 is 9.90 Å². The molecule has 3 aromatic rings. The van der Waals surface area contributed by atoms with E-state index in [4.69, 9.17) is 9.90 Å². The summed E-state index contributed by atoms with van der Waals surface area (Å²) in [5.74, 6) is -0.833. The van der Waals surface area contributed by atoms with Crippen molar-refractivity contribution in [1.29, 1.82) is 0 Å². The number of aliphatic carboxylic acids is 1. The first-order valence-corrected chi connectivity index (χ1v) is 10.6. The number of hydrogen-bond donors (Lipinski definition) is 1. The molecular weight excluding hydrogens is 345 g/mol. The number of carboxylic acid groups (broad SMARTS) is 1. The molecule has 0 amide bonds. The normalized spacial score (nSPS) is 9.83. The van der Waals surface area contributed by atoms with Gasteiger partial charge in [0.1, 0.15) is 0 Å². The molecule has 0 aromatic heterocycles. The molecule has 0 aliphatic rings. The van der Waals surface area contributed by atoms with Crippen molar-refractivity contribution in [2.24, 2.45) is 0 Å². The molecule has 0 unspecified atom stereocenters. The molecule has 3 heteroatoms. The molecule has 0 atom stereocenters. The van der Waals surface area contributed by atoms with Crippen LogP contribution >= 0.6 is 0 Å². The average molecular weight is 364 g/mol. The molecule has 3 rings (SSSR count). The van der Waals surface area contributed by atoms with E-state index < -0.39 is 20.3 Å². The third-order valence-corrected chi connectivity index (χ3v) is 8.92. The van der Waals surface area contributed by atoms with Crippen LogP contribution in [-0.2, 0) is 4.79 Å². The molecule has 1 radical (unpaired) electrons. The molecule has 2 nitrogen and oxygen atoms in total. The summed E-state index contributed by atoms with van der Waals surface area (Å²) in [6.45, 7) is 1.08. The average Bonchev–Trinajstić information content (AvgIpc) is 2.58. The maximum atomic E-state index is 9.00. The van der Waals surface area contributed by atoms with Gasteiger partial charge in [-0.2, -0.15) is 0 Å². The summed E-state index contributed by atoms with van der Waals surface area (Å²) in [7, 11) is 0. The van der Waals surface area contributed by atoms with Crippen molar-refractivity contribution in [1.82, 2.24) is 0 Å². The zero-order valence-electron chi connectivity index (χ0n) is 13.0. The van der Waals surface area contributed by atoms with Crippen LogP contribution in [0.3, 0.4) is 0 Å². The second-order valence-electron chi connectivity index (χ2n) is 4.99. The van der Waals surface area contributed by atoms with E-state index in [0.717, 1.165) is 6.92 Å². The minimum absolute atomic E-state index is 0.833. The van der Waals surface area contributed by atoms with Crippen molar-refractivity contribution in [3.63, 3.8) is 0 Å². The Kier molecular flexibility index (Phi) is 6.63. The Morgan fingerprint density at radius 1 is 0.652 bits per heavy atom. The van der Waals surface area contributed by atoms with E-state index in [0.29, 0.717) is 0 Å². The van der Waals surface area contributed by atoms with E-state index in [1.807, 2.05) is 0 Å². The van der Waals surface area contributed by atoms with E-state index in [-0.39, 0.29) is 0 Å². The van der Waals surface area contributed by atoms with E-state index in [1.165, 1.54) is 13.2 Å². The molecule has 0 spiro atoms. The first-order chi connectivity index (χ1) is 11.2. The molecule has 0 bridgehead atoms. The van der Waals surface area contributed by atoms with Gasteiger partial charge in [0.25, 0.3) is 5.97 Å². The van der Waals surface area contributed by atoms with Gasteiger partial charge in [-0.1, -0.05) is 0 Å². The molecule has 1 N–H and O–H groups in total. The van der Waals surface area contributed by atoms with Crippen LogP contribution < -0.4 is 13.2 Å². The fourth-order valence-corrected chi connectivity index (χ4v) is 7.72. The molecular formula is C20H19GeO2. The van der Waals surface area contributed by atoms with Crippen LogP contribution in [0.25, 0.3) is 0 Å². The monoisotopic (exact) mass is 365 g/mol. The SMILES string of the molecule is CC(=O)O.c1cc[c]([Ge]([c]2ccccc2)[c]2ccccc2)cc1. The third kappa shape index (κ3) is 5.42. The topological polar surface area (TPSA) is 37.3 Å². The van der Waals surface area contributed by atoms with Crippen molar-refractivity contribution >= 4 is 33.5 Å². The first-order valence-electron chi connectivity index (χ1n) is 7.41. The second-order valence-corrected chi connectivity index (χ2v) is 10.2. The summed E-state index contributed by atoms with van der Waals surface area (Å²) < 4.78 is 4.50. The van der Waals surface area contributed by atoms with Gasteiger partial charge >= 0.3 is 119 Å². The fraction of sp³-hybridized carbons (Fsp3) is 0.0500. The Bertz CT molecular complexity index is 614. The number of carboxylic acids is 1. The van der Waals surface area contributed by atoms with Gasteiger partial charge in [-0.15, -0.1) is 0 Å². The molecule has 115 valence electrons. The van der Waals surface area contributed by atoms with Crippen LogP contribution in [0.1, 0.15) is 6.92 Å². The Morgan fingerprint density at radius 2 is 0.870 bits per heavy atom. The summed E-state index contributed by atoms with van der Waals surface area (Å²) in [6, 6.07) is 32.8. The predicted octanol–water partition coefficient (Wildman–Crippen LogP) is 2.29. The zero-order chi connectivity index (χ0) is 16.5. The Hall–Kier alpha value is -2.33. The van der Waals surface area contributed by atoms with Gasteiger partial charge in [-0.05, 0) is 0 Å². The zero-order valence-corrected chi connectivity index (χ0v) is 15.1. The standard InChI is InChI=1S/C18H15Ge.C2H4O2/c1-4-10-16(11-5-1)19(17-12-6-2-7-13-17)18-14-8-3-9-15-18;1-2(3)4/h1-15H;1H3,(H,3,4). The third-order valence-electron chi connectivity index (χ3n) is 3.19. The summed E-state index contributed by atoms with van der Waals surface area (Å²) in [5.41, 5.74) is 0. The van der Waals surface area contributed by atoms with Gasteiger partial charge in [0.15, 0.2) is 0 Å². The van der Waals surface area contributed by atoms with Crippen LogP contribution in [0.5, 0.6) is 0 Å². The molecule has 23 heavy (non-hydrogen) atoms. The molecule has 0 saturated heterocycles. The Labute approximate surface area is 141 Å². The summed E-state index contributed by atoms with van der Waals surface area (Å²) >= 11 is -1.63. The molecule has 0 saturated carbocycles. The van der Waals surface area contributed by atoms with Crippen molar-refractivity contribution in [2.45, 2.75) is 6.92 Å². The van der Waals surface area contributed by atoms with Gasteiger partial charge in [-0.25, -0.2) is 0 Å². The Morgan fingerprint density at radius 3 is 1.09 bits per heavy atom. The van der Waals surface area contributed by atoms with Crippen LogP contribution in [0, 0.1) is 0 Å². The van der Waals surface area contributed by atoms with E-state index in [9.17, 15) is 0 Å². The minimum atomic E-state index is -1.63. The predicted molar refractivity (Wildman–Crippen MR) is 97.3 cm³/mol. The van der Waals surface area contributed by atoms with E-state index in [2.05, 4.69) is 91.0 Å². The van der Waals surface area contributed by atoms with Gasteiger partial charge < -0.3 is 5.11 Å². The number of hydrogen-bond acceptors (Lipinski definition) is 1. The second kappa shape index (κ2) is 8.96. The van der Waals surface area contributed by atoms with Crippen molar-refractivity contribution in [3.05, 3.63) is 91.0 Å². The summed E-state index contributed by atoms with van der Waals surface area (Å²) in [6.07, 6.45) is 0. The fourth-order valence-electron chi connectivity index (χ4n) is 2.31. The number of benzene rings is 3. The van der Waals surface area contributed by atoms with Crippen LogP contribution in [0.2, 0.25) is 0 Å². The van der Waals surface area contributed by atoms with Crippen LogP contribution in [-0.4, -0.2) is 25.4 Å². The Balaban J connectivity index is 0.000000433. The van der Waals surface area contributed by atoms with Crippen molar-refractivity contribution in [3.8, 4) is 0 Å². The molecule has 3 aromatic carbocycles. The number of rotatable bonds is 3. The molecule has 0 aliphatic heterocycles. The summed E-state index contributed by atoms with van der Waals surface area (Å²) in [5, 5.41) is 7.42. The summed E-state index contributed by atoms with van der Waals surface area (Å²) in [4.78, 5) is 9.00. The van der Waals surface area contributed by atoms with Gasteiger partial charge in [-0.3, -0.25) is 4.79 Å². The molecule has 0 heterocycles. The van der Waals surface area contributed by atoms with Gasteiger partial charge in [0.05, 0.1) is 0 Å². The molecule has 0 fully saturated rings. The van der Waals surface area contributed by atoms with Crippen LogP contribution in [0.15, 0.2) is 91.0 Å². The maximum absolute atomic E-state index is 9.00. The number of carbonyl (C=O) groups is 1. The quantitative estimate of drug-likeness (QED) is 0.725. The van der Waals surface area contributed by atoms with Crippen molar-refractivity contribution in [2.75, 3.05) is 0 Å². The van der Waals surface area contributed by atoms with E-state index >= 15 is 0 Å². The van der Waals surface area contributed by atoms with Crippen LogP contribution in [0.4, 0.5) is 0 Å². The van der Waals surface area contributed by atoms with Gasteiger partial charge in [0.2, 0.25) is 0 Å². The van der Waals surface area contributed by atoms with E-state index in [1.54, 1.807) is 0 Å². The van der Waals surface area contributed by atoms with Gasteiger partial charge in [0, 0.05) is 6.92 Å². The first kappa shape index (κ1) is 17.0. The molecule has 0 aliphatic carbocycles.